The van der Waals surface area contributed by atoms with Crippen LogP contribution in [0.25, 0.3) is 11.1 Å². The molecule has 1 heterocycles. The molecule has 0 spiro atoms. The van der Waals surface area contributed by atoms with Crippen LogP contribution in [0.3, 0.4) is 0 Å². The number of rotatable bonds is 5. The summed E-state index contributed by atoms with van der Waals surface area (Å²) < 4.78 is 22.2. The molecule has 8 heteroatoms. The average Bonchev–Trinajstić information content (AvgIpc) is 3.15. The highest BCUT2D eigenvalue weighted by molar-refractivity contribution is 7.70. The van der Waals surface area contributed by atoms with Gasteiger partial charge < -0.3 is 24.4 Å². The Morgan fingerprint density at radius 3 is 2.48 bits per heavy atom. The summed E-state index contributed by atoms with van der Waals surface area (Å²) in [5.41, 5.74) is 1.60. The molecule has 4 rings (SSSR count). The number of phenolic OH excluding ortho intramolecular Hbond substituents is 1. The van der Waals surface area contributed by atoms with E-state index in [1.54, 1.807) is 0 Å². The number of ether oxygens (including phenoxy) is 2. The van der Waals surface area contributed by atoms with Crippen LogP contribution in [0.15, 0.2) is 60.7 Å². The van der Waals surface area contributed by atoms with Crippen LogP contribution >= 0.6 is 7.60 Å². The van der Waals surface area contributed by atoms with E-state index in [4.69, 9.17) is 9.47 Å². The van der Waals surface area contributed by atoms with Gasteiger partial charge in [0.25, 0.3) is 5.52 Å². The lowest BCUT2D eigenvalue weighted by molar-refractivity contribution is 0.104. The van der Waals surface area contributed by atoms with Gasteiger partial charge in [0.1, 0.15) is 5.75 Å². The normalized spacial score (nSPS) is 12.8. The Morgan fingerprint density at radius 1 is 0.931 bits per heavy atom. The Hall–Kier alpha value is -3.12. The molecule has 0 bridgehead atoms. The Kier molecular flexibility index (Phi) is 4.88. The third kappa shape index (κ3) is 4.03. The number of benzene rings is 3. The zero-order chi connectivity index (χ0) is 20.6. The van der Waals surface area contributed by atoms with Crippen LogP contribution in [-0.2, 0) is 11.0 Å². The van der Waals surface area contributed by atoms with Crippen LogP contribution in [0.4, 0.5) is 0 Å². The minimum absolute atomic E-state index is 0.0887. The van der Waals surface area contributed by atoms with Gasteiger partial charge in [-0.25, -0.2) is 0 Å². The second kappa shape index (κ2) is 7.37. The average molecular weight is 412 g/mol. The quantitative estimate of drug-likeness (QED) is 0.548. The Labute approximate surface area is 166 Å². The van der Waals surface area contributed by atoms with Crippen molar-refractivity contribution in [1.82, 2.24) is 0 Å². The second-order valence-electron chi connectivity index (χ2n) is 6.64. The number of hydrogen-bond donors (Lipinski definition) is 3. The molecule has 0 aromatic heterocycles. The van der Waals surface area contributed by atoms with Gasteiger partial charge in [-0.05, 0) is 59.0 Å². The molecule has 1 aliphatic rings. The predicted octanol–water partition coefficient (Wildman–Crippen LogP) is 3.70. The van der Waals surface area contributed by atoms with Crippen molar-refractivity contribution in [3.63, 3.8) is 0 Å². The summed E-state index contributed by atoms with van der Waals surface area (Å²) >= 11 is 0. The number of carbonyl (C=O) groups excluding carboxylic acids is 1. The molecule has 0 atom stereocenters. The minimum atomic E-state index is -4.94. The molecule has 1 aliphatic heterocycles. The SMILES string of the molecule is O=C(c1ccc(O)cc1Cc1cccc(-c2ccc3c(c2)OCO3)c1)P(=O)(O)O. The zero-order valence-corrected chi connectivity index (χ0v) is 16.0. The number of phenols is 1. The molecule has 0 unspecified atom stereocenters. The van der Waals surface area contributed by atoms with Gasteiger partial charge in [0.2, 0.25) is 6.79 Å². The van der Waals surface area contributed by atoms with Crippen molar-refractivity contribution in [2.45, 2.75) is 6.42 Å². The number of fused-ring (bicyclic) bond motifs is 1. The summed E-state index contributed by atoms with van der Waals surface area (Å²) in [7, 11) is -4.94. The Bertz CT molecular complexity index is 1150. The van der Waals surface area contributed by atoms with E-state index in [0.717, 1.165) is 16.7 Å². The molecule has 3 N–H and O–H groups in total. The van der Waals surface area contributed by atoms with Crippen molar-refractivity contribution in [3.05, 3.63) is 77.4 Å². The molecule has 0 saturated carbocycles. The van der Waals surface area contributed by atoms with Gasteiger partial charge in [0, 0.05) is 5.56 Å². The number of aromatic hydroxyl groups is 1. The lowest BCUT2D eigenvalue weighted by Gasteiger charge is -2.11. The van der Waals surface area contributed by atoms with Crippen LogP contribution in [-0.4, -0.2) is 27.2 Å². The van der Waals surface area contributed by atoms with Gasteiger partial charge in [-0.15, -0.1) is 0 Å². The highest BCUT2D eigenvalue weighted by Gasteiger charge is 2.29. The Balaban J connectivity index is 1.68. The van der Waals surface area contributed by atoms with Crippen LogP contribution < -0.4 is 9.47 Å². The van der Waals surface area contributed by atoms with Crippen molar-refractivity contribution in [3.8, 4) is 28.4 Å². The van der Waals surface area contributed by atoms with E-state index in [1.807, 2.05) is 42.5 Å². The molecule has 0 aliphatic carbocycles. The predicted molar refractivity (Wildman–Crippen MR) is 105 cm³/mol. The molecule has 3 aromatic rings. The summed E-state index contributed by atoms with van der Waals surface area (Å²) in [6, 6.07) is 16.9. The van der Waals surface area contributed by atoms with Gasteiger partial charge in [-0.1, -0.05) is 30.3 Å². The maximum absolute atomic E-state index is 12.1. The largest absolute Gasteiger partial charge is 0.508 e. The molecule has 7 nitrogen and oxygen atoms in total. The molecule has 0 saturated heterocycles. The molecule has 29 heavy (non-hydrogen) atoms. The minimum Gasteiger partial charge on any atom is -0.508 e. The van der Waals surface area contributed by atoms with E-state index in [0.29, 0.717) is 17.1 Å². The maximum atomic E-state index is 12.1. The van der Waals surface area contributed by atoms with Crippen molar-refractivity contribution in [2.75, 3.05) is 6.79 Å². The standard InChI is InChI=1S/C21H17O7P/c22-17-5-6-18(21(23)29(24,25)26)16(10-17)9-13-2-1-3-14(8-13)15-4-7-19-20(11-15)28-12-27-19/h1-8,10-11,22H,9,12H2,(H2,24,25,26). The summed E-state index contributed by atoms with van der Waals surface area (Å²) in [6.45, 7) is 0.187. The van der Waals surface area contributed by atoms with Gasteiger partial charge in [0.15, 0.2) is 11.5 Å². The molecule has 0 amide bonds. The summed E-state index contributed by atoms with van der Waals surface area (Å²) in [5.74, 6) is 1.26. The third-order valence-corrected chi connectivity index (χ3v) is 5.38. The summed E-state index contributed by atoms with van der Waals surface area (Å²) in [4.78, 5) is 30.6. The fourth-order valence-electron chi connectivity index (χ4n) is 3.25. The fraction of sp³-hybridized carbons (Fsp3) is 0.0952. The first-order valence-electron chi connectivity index (χ1n) is 8.72. The van der Waals surface area contributed by atoms with Crippen LogP contribution in [0.5, 0.6) is 17.2 Å². The van der Waals surface area contributed by atoms with Crippen LogP contribution in [0.2, 0.25) is 0 Å². The molecule has 0 fully saturated rings. The molecular formula is C21H17O7P. The first-order valence-corrected chi connectivity index (χ1v) is 10.3. The number of hydrogen-bond acceptors (Lipinski definition) is 5. The topological polar surface area (TPSA) is 113 Å². The van der Waals surface area contributed by atoms with Crippen molar-refractivity contribution in [2.24, 2.45) is 0 Å². The first-order chi connectivity index (χ1) is 13.8. The number of carbonyl (C=O) groups is 1. The highest BCUT2D eigenvalue weighted by atomic mass is 31.2. The first kappa shape index (κ1) is 19.2. The van der Waals surface area contributed by atoms with Crippen molar-refractivity contribution >= 4 is 13.1 Å². The molecule has 3 aromatic carbocycles. The van der Waals surface area contributed by atoms with E-state index >= 15 is 0 Å². The molecular weight excluding hydrogens is 395 g/mol. The van der Waals surface area contributed by atoms with Gasteiger partial charge in [-0.3, -0.25) is 9.36 Å². The van der Waals surface area contributed by atoms with E-state index in [9.17, 15) is 24.3 Å². The van der Waals surface area contributed by atoms with Gasteiger partial charge >= 0.3 is 7.60 Å². The lowest BCUT2D eigenvalue weighted by atomic mass is 9.96. The van der Waals surface area contributed by atoms with E-state index < -0.39 is 13.1 Å². The van der Waals surface area contributed by atoms with E-state index in [-0.39, 0.29) is 24.5 Å². The van der Waals surface area contributed by atoms with Crippen LogP contribution in [0, 0.1) is 0 Å². The Morgan fingerprint density at radius 2 is 1.69 bits per heavy atom. The van der Waals surface area contributed by atoms with Gasteiger partial charge in [0.05, 0.1) is 0 Å². The smallest absolute Gasteiger partial charge is 0.396 e. The highest BCUT2D eigenvalue weighted by Crippen LogP contribution is 2.41. The molecule has 0 radical (unpaired) electrons. The summed E-state index contributed by atoms with van der Waals surface area (Å²) in [5, 5.41) is 9.79. The van der Waals surface area contributed by atoms with Gasteiger partial charge in [-0.2, -0.15) is 0 Å². The van der Waals surface area contributed by atoms with Crippen LogP contribution in [0.1, 0.15) is 21.5 Å². The summed E-state index contributed by atoms with van der Waals surface area (Å²) in [6.07, 6.45) is 0.216. The second-order valence-corrected chi connectivity index (χ2v) is 8.13. The van der Waals surface area contributed by atoms with Crippen molar-refractivity contribution in [1.29, 1.82) is 0 Å². The van der Waals surface area contributed by atoms with E-state index in [2.05, 4.69) is 0 Å². The molecule has 148 valence electrons. The fourth-order valence-corrected chi connectivity index (χ4v) is 3.78. The maximum Gasteiger partial charge on any atom is 0.396 e. The van der Waals surface area contributed by atoms with E-state index in [1.165, 1.54) is 18.2 Å². The third-order valence-electron chi connectivity index (χ3n) is 4.61. The monoisotopic (exact) mass is 412 g/mol. The van der Waals surface area contributed by atoms with Crippen molar-refractivity contribution < 1.29 is 33.7 Å². The zero-order valence-electron chi connectivity index (χ0n) is 15.1. The lowest BCUT2D eigenvalue weighted by Crippen LogP contribution is -2.05.